The molecule has 1 aromatic rings. The first-order valence-corrected chi connectivity index (χ1v) is 8.11. The SMILES string of the molecule is O=C(NC1CCN(C(=O)Nc2ccc(Cl)cc2)CC1)C1CC1. The van der Waals surface area contributed by atoms with E-state index in [1.54, 1.807) is 29.2 Å². The monoisotopic (exact) mass is 321 g/mol. The normalized spacial score (nSPS) is 18.9. The third-order valence-corrected chi connectivity index (χ3v) is 4.42. The first-order chi connectivity index (χ1) is 10.6. The van der Waals surface area contributed by atoms with Gasteiger partial charge in [0.05, 0.1) is 0 Å². The maximum absolute atomic E-state index is 12.2. The number of halogens is 1. The Morgan fingerprint density at radius 2 is 1.68 bits per heavy atom. The maximum atomic E-state index is 12.2. The van der Waals surface area contributed by atoms with E-state index in [4.69, 9.17) is 11.6 Å². The van der Waals surface area contributed by atoms with Crippen LogP contribution in [0.3, 0.4) is 0 Å². The number of carbonyl (C=O) groups is 2. The van der Waals surface area contributed by atoms with Crippen LogP contribution >= 0.6 is 11.6 Å². The second-order valence-electron chi connectivity index (χ2n) is 5.98. The molecule has 1 aromatic carbocycles. The fraction of sp³-hybridized carbons (Fsp3) is 0.500. The molecule has 1 aliphatic carbocycles. The summed E-state index contributed by atoms with van der Waals surface area (Å²) in [6.07, 6.45) is 3.67. The van der Waals surface area contributed by atoms with Crippen molar-refractivity contribution in [2.45, 2.75) is 31.7 Å². The van der Waals surface area contributed by atoms with Gasteiger partial charge in [-0.1, -0.05) is 11.6 Å². The molecule has 5 nitrogen and oxygen atoms in total. The number of likely N-dealkylation sites (tertiary alicyclic amines) is 1. The van der Waals surface area contributed by atoms with E-state index in [1.807, 2.05) is 0 Å². The molecule has 2 aliphatic rings. The van der Waals surface area contributed by atoms with E-state index in [2.05, 4.69) is 10.6 Å². The number of piperidine rings is 1. The minimum Gasteiger partial charge on any atom is -0.353 e. The van der Waals surface area contributed by atoms with Gasteiger partial charge in [-0.15, -0.1) is 0 Å². The molecule has 6 heteroatoms. The Bertz CT molecular complexity index is 549. The summed E-state index contributed by atoms with van der Waals surface area (Å²) in [7, 11) is 0. The number of benzene rings is 1. The Labute approximate surface area is 135 Å². The number of hydrogen-bond acceptors (Lipinski definition) is 2. The molecule has 1 heterocycles. The van der Waals surface area contributed by atoms with Crippen LogP contribution in [0, 0.1) is 5.92 Å². The van der Waals surface area contributed by atoms with Gasteiger partial charge in [-0.3, -0.25) is 4.79 Å². The van der Waals surface area contributed by atoms with Crippen LogP contribution in [0.15, 0.2) is 24.3 Å². The van der Waals surface area contributed by atoms with Crippen LogP contribution in [0.1, 0.15) is 25.7 Å². The number of anilines is 1. The molecule has 22 heavy (non-hydrogen) atoms. The summed E-state index contributed by atoms with van der Waals surface area (Å²) in [5.41, 5.74) is 0.735. The number of amides is 3. The zero-order chi connectivity index (χ0) is 15.5. The minimum atomic E-state index is -0.103. The number of carbonyl (C=O) groups excluding carboxylic acids is 2. The lowest BCUT2D eigenvalue weighted by Crippen LogP contribution is -2.48. The van der Waals surface area contributed by atoms with Gasteiger partial charge in [-0.2, -0.15) is 0 Å². The number of nitrogens with one attached hydrogen (secondary N) is 2. The molecule has 0 aromatic heterocycles. The molecular weight excluding hydrogens is 302 g/mol. The van der Waals surface area contributed by atoms with Crippen molar-refractivity contribution in [3.63, 3.8) is 0 Å². The van der Waals surface area contributed by atoms with Gasteiger partial charge in [0.1, 0.15) is 0 Å². The minimum absolute atomic E-state index is 0.103. The second kappa shape index (κ2) is 6.57. The van der Waals surface area contributed by atoms with Crippen LogP contribution in [0.2, 0.25) is 5.02 Å². The van der Waals surface area contributed by atoms with E-state index in [1.165, 1.54) is 0 Å². The van der Waals surface area contributed by atoms with Crippen LogP contribution in [-0.4, -0.2) is 36.0 Å². The van der Waals surface area contributed by atoms with E-state index in [-0.39, 0.29) is 23.9 Å². The third kappa shape index (κ3) is 3.91. The highest BCUT2D eigenvalue weighted by Crippen LogP contribution is 2.29. The van der Waals surface area contributed by atoms with Gasteiger partial charge < -0.3 is 15.5 Å². The number of rotatable bonds is 3. The Morgan fingerprint density at radius 3 is 2.27 bits per heavy atom. The van der Waals surface area contributed by atoms with Crippen molar-refractivity contribution in [2.24, 2.45) is 5.92 Å². The molecule has 3 rings (SSSR count). The van der Waals surface area contributed by atoms with Gasteiger partial charge >= 0.3 is 6.03 Å². The topological polar surface area (TPSA) is 61.4 Å². The zero-order valence-corrected chi connectivity index (χ0v) is 13.1. The molecule has 2 N–H and O–H groups in total. The predicted octanol–water partition coefficient (Wildman–Crippen LogP) is 2.86. The van der Waals surface area contributed by atoms with Gasteiger partial charge in [-0.25, -0.2) is 4.79 Å². The zero-order valence-electron chi connectivity index (χ0n) is 12.3. The summed E-state index contributed by atoms with van der Waals surface area (Å²) in [6, 6.07) is 7.15. The van der Waals surface area contributed by atoms with Gasteiger partial charge in [-0.05, 0) is 49.9 Å². The molecule has 0 spiro atoms. The van der Waals surface area contributed by atoms with Crippen molar-refractivity contribution in [2.75, 3.05) is 18.4 Å². The summed E-state index contributed by atoms with van der Waals surface area (Å²) in [6.45, 7) is 1.32. The molecule has 0 radical (unpaired) electrons. The average molecular weight is 322 g/mol. The highest BCUT2D eigenvalue weighted by Gasteiger charge is 2.32. The standard InChI is InChI=1S/C16H20ClN3O2/c17-12-3-5-13(6-4-12)19-16(22)20-9-7-14(8-10-20)18-15(21)11-1-2-11/h3-6,11,14H,1-2,7-10H2,(H,18,21)(H,19,22). The van der Waals surface area contributed by atoms with Crippen LogP contribution in [0.4, 0.5) is 10.5 Å². The fourth-order valence-electron chi connectivity index (χ4n) is 2.63. The average Bonchev–Trinajstić information content (AvgIpc) is 3.35. The van der Waals surface area contributed by atoms with Crippen molar-refractivity contribution in [3.8, 4) is 0 Å². The van der Waals surface area contributed by atoms with Crippen LogP contribution in [-0.2, 0) is 4.79 Å². The molecule has 2 fully saturated rings. The van der Waals surface area contributed by atoms with E-state index < -0.39 is 0 Å². The third-order valence-electron chi connectivity index (χ3n) is 4.17. The van der Waals surface area contributed by atoms with Gasteiger partial charge in [0.25, 0.3) is 0 Å². The number of nitrogens with zero attached hydrogens (tertiary/aromatic N) is 1. The lowest BCUT2D eigenvalue weighted by Gasteiger charge is -2.32. The van der Waals surface area contributed by atoms with E-state index in [0.29, 0.717) is 18.1 Å². The summed E-state index contributed by atoms with van der Waals surface area (Å²) >= 11 is 5.82. The van der Waals surface area contributed by atoms with Crippen molar-refractivity contribution >= 4 is 29.2 Å². The Kier molecular flexibility index (Phi) is 4.52. The maximum Gasteiger partial charge on any atom is 0.321 e. The summed E-state index contributed by atoms with van der Waals surface area (Å²) in [4.78, 5) is 25.7. The number of urea groups is 1. The van der Waals surface area contributed by atoms with Crippen molar-refractivity contribution in [1.29, 1.82) is 0 Å². The smallest absolute Gasteiger partial charge is 0.321 e. The lowest BCUT2D eigenvalue weighted by molar-refractivity contribution is -0.123. The summed E-state index contributed by atoms with van der Waals surface area (Å²) in [5, 5.41) is 6.59. The van der Waals surface area contributed by atoms with Crippen LogP contribution in [0.5, 0.6) is 0 Å². The van der Waals surface area contributed by atoms with Crippen molar-refractivity contribution < 1.29 is 9.59 Å². The quantitative estimate of drug-likeness (QED) is 0.899. The second-order valence-corrected chi connectivity index (χ2v) is 6.42. The molecule has 3 amide bonds. The van der Waals surface area contributed by atoms with E-state index >= 15 is 0 Å². The largest absolute Gasteiger partial charge is 0.353 e. The molecular formula is C16H20ClN3O2. The first-order valence-electron chi connectivity index (χ1n) is 7.74. The van der Waals surface area contributed by atoms with Crippen LogP contribution < -0.4 is 10.6 Å². The number of hydrogen-bond donors (Lipinski definition) is 2. The Morgan fingerprint density at radius 1 is 1.05 bits per heavy atom. The molecule has 1 saturated carbocycles. The van der Waals surface area contributed by atoms with Gasteiger partial charge in [0.2, 0.25) is 5.91 Å². The molecule has 0 bridgehead atoms. The predicted molar refractivity (Wildman–Crippen MR) is 85.9 cm³/mol. The highest BCUT2D eigenvalue weighted by molar-refractivity contribution is 6.30. The molecule has 0 atom stereocenters. The Balaban J connectivity index is 1.45. The molecule has 1 aliphatic heterocycles. The first kappa shape index (κ1) is 15.2. The molecule has 1 saturated heterocycles. The summed E-state index contributed by atoms with van der Waals surface area (Å²) < 4.78 is 0. The fourth-order valence-corrected chi connectivity index (χ4v) is 2.75. The van der Waals surface area contributed by atoms with Gasteiger partial charge in [0.15, 0.2) is 0 Å². The lowest BCUT2D eigenvalue weighted by atomic mass is 10.1. The van der Waals surface area contributed by atoms with E-state index in [0.717, 1.165) is 31.4 Å². The van der Waals surface area contributed by atoms with Gasteiger partial charge in [0, 0.05) is 35.8 Å². The molecule has 118 valence electrons. The Hall–Kier alpha value is -1.75. The van der Waals surface area contributed by atoms with Crippen molar-refractivity contribution in [1.82, 2.24) is 10.2 Å². The summed E-state index contributed by atoms with van der Waals surface area (Å²) in [5.74, 6) is 0.426. The molecule has 0 unspecified atom stereocenters. The highest BCUT2D eigenvalue weighted by atomic mass is 35.5. The van der Waals surface area contributed by atoms with Crippen molar-refractivity contribution in [3.05, 3.63) is 29.3 Å². The van der Waals surface area contributed by atoms with E-state index in [9.17, 15) is 9.59 Å². The van der Waals surface area contributed by atoms with Crippen LogP contribution in [0.25, 0.3) is 0 Å².